The van der Waals surface area contributed by atoms with Crippen LogP contribution in [0.25, 0.3) is 0 Å². The van der Waals surface area contributed by atoms with Gasteiger partial charge in [0.05, 0.1) is 6.20 Å². The maximum atomic E-state index is 11.8. The molecule has 0 saturated carbocycles. The van der Waals surface area contributed by atoms with Crippen LogP contribution in [0, 0.1) is 0 Å². The molecule has 0 aliphatic rings. The number of aromatic nitrogens is 3. The number of carbonyl (C=O) groups is 1. The van der Waals surface area contributed by atoms with Crippen molar-refractivity contribution >= 4 is 11.6 Å². The lowest BCUT2D eigenvalue weighted by Gasteiger charge is -2.20. The zero-order valence-electron chi connectivity index (χ0n) is 11.1. The van der Waals surface area contributed by atoms with Crippen LogP contribution in [0.2, 0.25) is 0 Å². The van der Waals surface area contributed by atoms with Gasteiger partial charge in [-0.15, -0.1) is 0 Å². The number of aromatic amines is 1. The highest BCUT2D eigenvalue weighted by molar-refractivity contribution is 5.91. The SMILES string of the molecule is CCN(C)c1ccccc1CNC(=O)c1cn[nH]n1. The number of nitrogens with one attached hydrogen (secondary N) is 2. The second-order valence-electron chi connectivity index (χ2n) is 4.18. The molecule has 2 aromatic rings. The average molecular weight is 259 g/mol. The molecular weight excluding hydrogens is 242 g/mol. The summed E-state index contributed by atoms with van der Waals surface area (Å²) in [6.45, 7) is 3.46. The molecule has 1 heterocycles. The minimum atomic E-state index is -0.234. The molecule has 0 aliphatic heterocycles. The molecule has 0 fully saturated rings. The first-order valence-electron chi connectivity index (χ1n) is 6.15. The molecule has 1 aromatic heterocycles. The van der Waals surface area contributed by atoms with E-state index in [9.17, 15) is 4.79 Å². The third-order valence-electron chi connectivity index (χ3n) is 2.96. The van der Waals surface area contributed by atoms with Gasteiger partial charge in [-0.05, 0) is 18.6 Å². The van der Waals surface area contributed by atoms with Crippen LogP contribution in [0.1, 0.15) is 23.0 Å². The fourth-order valence-electron chi connectivity index (χ4n) is 1.78. The van der Waals surface area contributed by atoms with E-state index in [4.69, 9.17) is 0 Å². The Morgan fingerprint density at radius 1 is 1.42 bits per heavy atom. The smallest absolute Gasteiger partial charge is 0.273 e. The zero-order chi connectivity index (χ0) is 13.7. The Balaban J connectivity index is 2.05. The summed E-state index contributed by atoms with van der Waals surface area (Å²) in [5.41, 5.74) is 2.48. The molecule has 19 heavy (non-hydrogen) atoms. The molecule has 0 radical (unpaired) electrons. The van der Waals surface area contributed by atoms with Crippen LogP contribution in [0.15, 0.2) is 30.5 Å². The molecule has 0 unspecified atom stereocenters. The van der Waals surface area contributed by atoms with E-state index in [1.165, 1.54) is 6.20 Å². The van der Waals surface area contributed by atoms with Crippen molar-refractivity contribution in [1.82, 2.24) is 20.7 Å². The third kappa shape index (κ3) is 3.09. The van der Waals surface area contributed by atoms with E-state index in [2.05, 4.69) is 32.6 Å². The molecule has 1 amide bonds. The Morgan fingerprint density at radius 2 is 2.21 bits per heavy atom. The third-order valence-corrected chi connectivity index (χ3v) is 2.96. The number of nitrogens with zero attached hydrogens (tertiary/aromatic N) is 3. The zero-order valence-corrected chi connectivity index (χ0v) is 11.1. The Bertz CT molecular complexity index is 538. The molecule has 6 heteroatoms. The molecule has 0 saturated heterocycles. The van der Waals surface area contributed by atoms with Gasteiger partial charge in [0.2, 0.25) is 0 Å². The van der Waals surface area contributed by atoms with Crippen molar-refractivity contribution in [3.8, 4) is 0 Å². The first-order valence-corrected chi connectivity index (χ1v) is 6.15. The van der Waals surface area contributed by atoms with Crippen LogP contribution >= 0.6 is 0 Å². The van der Waals surface area contributed by atoms with Gasteiger partial charge in [-0.1, -0.05) is 18.2 Å². The molecule has 0 aliphatic carbocycles. The van der Waals surface area contributed by atoms with Gasteiger partial charge < -0.3 is 10.2 Å². The van der Waals surface area contributed by atoms with E-state index in [1.54, 1.807) is 0 Å². The number of rotatable bonds is 5. The molecule has 2 rings (SSSR count). The van der Waals surface area contributed by atoms with Crippen LogP contribution in [0.5, 0.6) is 0 Å². The highest BCUT2D eigenvalue weighted by Gasteiger charge is 2.10. The molecule has 1 aromatic carbocycles. The van der Waals surface area contributed by atoms with E-state index in [0.717, 1.165) is 17.8 Å². The molecule has 0 spiro atoms. The number of hydrogen-bond donors (Lipinski definition) is 2. The summed E-state index contributed by atoms with van der Waals surface area (Å²) in [6, 6.07) is 8.00. The predicted molar refractivity (Wildman–Crippen MR) is 72.9 cm³/mol. The van der Waals surface area contributed by atoms with Crippen molar-refractivity contribution in [1.29, 1.82) is 0 Å². The highest BCUT2D eigenvalue weighted by atomic mass is 16.1. The Hall–Kier alpha value is -2.37. The van der Waals surface area contributed by atoms with Gasteiger partial charge in [-0.25, -0.2) is 0 Å². The first kappa shape index (κ1) is 13.1. The van der Waals surface area contributed by atoms with Gasteiger partial charge in [0.25, 0.3) is 5.91 Å². The van der Waals surface area contributed by atoms with Gasteiger partial charge in [0.15, 0.2) is 5.69 Å². The maximum Gasteiger partial charge on any atom is 0.273 e. The molecule has 6 nitrogen and oxygen atoms in total. The Labute approximate surface area is 111 Å². The van der Waals surface area contributed by atoms with E-state index in [0.29, 0.717) is 12.2 Å². The van der Waals surface area contributed by atoms with E-state index >= 15 is 0 Å². The fraction of sp³-hybridized carbons (Fsp3) is 0.308. The lowest BCUT2D eigenvalue weighted by molar-refractivity contribution is 0.0946. The predicted octanol–water partition coefficient (Wildman–Crippen LogP) is 1.19. The summed E-state index contributed by atoms with van der Waals surface area (Å²) in [5, 5.41) is 12.6. The van der Waals surface area contributed by atoms with E-state index in [-0.39, 0.29) is 5.91 Å². The van der Waals surface area contributed by atoms with E-state index < -0.39 is 0 Å². The quantitative estimate of drug-likeness (QED) is 0.846. The summed E-state index contributed by atoms with van der Waals surface area (Å²) in [6.07, 6.45) is 1.40. The largest absolute Gasteiger partial charge is 0.375 e. The minimum absolute atomic E-state index is 0.234. The normalized spacial score (nSPS) is 10.2. The summed E-state index contributed by atoms with van der Waals surface area (Å²) in [5.74, 6) is -0.234. The van der Waals surface area contributed by atoms with Gasteiger partial charge >= 0.3 is 0 Å². The average Bonchev–Trinajstić information content (AvgIpc) is 2.98. The van der Waals surface area contributed by atoms with Crippen LogP contribution in [-0.4, -0.2) is 34.9 Å². The summed E-state index contributed by atoms with van der Waals surface area (Å²) in [4.78, 5) is 13.9. The van der Waals surface area contributed by atoms with Crippen molar-refractivity contribution in [3.63, 3.8) is 0 Å². The van der Waals surface area contributed by atoms with Crippen LogP contribution in [0.3, 0.4) is 0 Å². The first-order chi connectivity index (χ1) is 9.22. The maximum absolute atomic E-state index is 11.8. The lowest BCUT2D eigenvalue weighted by atomic mass is 10.1. The number of anilines is 1. The van der Waals surface area contributed by atoms with Crippen LogP contribution in [-0.2, 0) is 6.54 Å². The Kier molecular flexibility index (Phi) is 4.12. The second-order valence-corrected chi connectivity index (χ2v) is 4.18. The standard InChI is InChI=1S/C13H17N5O/c1-3-18(2)12-7-5-4-6-10(12)8-14-13(19)11-9-15-17-16-11/h4-7,9H,3,8H2,1-2H3,(H,14,19)(H,15,16,17). The number of carbonyl (C=O) groups excluding carboxylic acids is 1. The van der Waals surface area contributed by atoms with Crippen molar-refractivity contribution in [2.45, 2.75) is 13.5 Å². The van der Waals surface area contributed by atoms with Crippen molar-refractivity contribution < 1.29 is 4.79 Å². The number of H-pyrrole nitrogens is 1. The minimum Gasteiger partial charge on any atom is -0.375 e. The van der Waals surface area contributed by atoms with Crippen molar-refractivity contribution in [3.05, 3.63) is 41.7 Å². The molecule has 0 atom stereocenters. The van der Waals surface area contributed by atoms with Crippen molar-refractivity contribution in [2.75, 3.05) is 18.5 Å². The van der Waals surface area contributed by atoms with E-state index in [1.807, 2.05) is 31.3 Å². The van der Waals surface area contributed by atoms with Crippen LogP contribution in [0.4, 0.5) is 5.69 Å². The summed E-state index contributed by atoms with van der Waals surface area (Å²) < 4.78 is 0. The molecule has 100 valence electrons. The highest BCUT2D eigenvalue weighted by Crippen LogP contribution is 2.18. The second kappa shape index (κ2) is 5.99. The number of hydrogen-bond acceptors (Lipinski definition) is 4. The number of para-hydroxylation sites is 1. The monoisotopic (exact) mass is 259 g/mol. The molecular formula is C13H17N5O. The van der Waals surface area contributed by atoms with Gasteiger partial charge in [-0.3, -0.25) is 4.79 Å². The molecule has 0 bridgehead atoms. The topological polar surface area (TPSA) is 73.9 Å². The van der Waals surface area contributed by atoms with Gasteiger partial charge in [0, 0.05) is 25.8 Å². The van der Waals surface area contributed by atoms with Crippen LogP contribution < -0.4 is 10.2 Å². The van der Waals surface area contributed by atoms with Gasteiger partial charge in [0.1, 0.15) is 0 Å². The Morgan fingerprint density at radius 3 is 2.89 bits per heavy atom. The lowest BCUT2D eigenvalue weighted by Crippen LogP contribution is -2.25. The number of benzene rings is 1. The van der Waals surface area contributed by atoms with Crippen molar-refractivity contribution in [2.24, 2.45) is 0 Å². The molecule has 2 N–H and O–H groups in total. The fourth-order valence-corrected chi connectivity index (χ4v) is 1.78. The number of amides is 1. The summed E-state index contributed by atoms with van der Waals surface area (Å²) >= 11 is 0. The summed E-state index contributed by atoms with van der Waals surface area (Å²) in [7, 11) is 2.03. The van der Waals surface area contributed by atoms with Gasteiger partial charge in [-0.2, -0.15) is 15.4 Å².